The van der Waals surface area contributed by atoms with E-state index in [0.29, 0.717) is 34.4 Å². The highest BCUT2D eigenvalue weighted by Crippen LogP contribution is 2.28. The molecule has 1 heterocycles. The molecule has 0 radical (unpaired) electrons. The lowest BCUT2D eigenvalue weighted by Crippen LogP contribution is -2.40. The minimum Gasteiger partial charge on any atom is -0.350 e. The van der Waals surface area contributed by atoms with Gasteiger partial charge in [-0.05, 0) is 57.5 Å². The van der Waals surface area contributed by atoms with E-state index in [0.717, 1.165) is 24.9 Å². The third-order valence-electron chi connectivity index (χ3n) is 5.17. The predicted octanol–water partition coefficient (Wildman–Crippen LogP) is 4.98. The molecule has 1 aliphatic heterocycles. The minimum atomic E-state index is -0.195. The van der Waals surface area contributed by atoms with Crippen LogP contribution in [0, 0.1) is 5.92 Å². The third-order valence-corrected chi connectivity index (χ3v) is 5.88. The predicted molar refractivity (Wildman–Crippen MR) is 122 cm³/mol. The van der Waals surface area contributed by atoms with Gasteiger partial charge in [0.05, 0.1) is 17.2 Å². The Morgan fingerprint density at radius 2 is 1.80 bits per heavy atom. The molecule has 1 aliphatic rings. The molecule has 0 aromatic heterocycles. The highest BCUT2D eigenvalue weighted by molar-refractivity contribution is 6.35. The number of hydrogen-bond donors (Lipinski definition) is 2. The van der Waals surface area contributed by atoms with Gasteiger partial charge in [-0.1, -0.05) is 41.4 Å². The van der Waals surface area contributed by atoms with Crippen molar-refractivity contribution in [3.8, 4) is 0 Å². The first kappa shape index (κ1) is 22.6. The Kier molecular flexibility index (Phi) is 7.75. The molecule has 0 bridgehead atoms. The van der Waals surface area contributed by atoms with E-state index in [1.807, 2.05) is 38.1 Å². The monoisotopic (exact) mass is 447 g/mol. The summed E-state index contributed by atoms with van der Waals surface area (Å²) in [7, 11) is 0. The number of nitrogens with one attached hydrogen (secondary N) is 2. The molecular weight excluding hydrogens is 421 g/mol. The first-order valence-corrected chi connectivity index (χ1v) is 11.0. The topological polar surface area (TPSA) is 61.4 Å². The van der Waals surface area contributed by atoms with E-state index in [9.17, 15) is 9.59 Å². The van der Waals surface area contributed by atoms with Crippen molar-refractivity contribution in [2.75, 3.05) is 18.4 Å². The number of carbonyl (C=O) groups is 2. The molecule has 1 fully saturated rings. The zero-order valence-electron chi connectivity index (χ0n) is 17.3. The van der Waals surface area contributed by atoms with Gasteiger partial charge in [-0.2, -0.15) is 0 Å². The minimum absolute atomic E-state index is 0.0183. The first-order chi connectivity index (χ1) is 14.3. The van der Waals surface area contributed by atoms with Crippen LogP contribution in [0.2, 0.25) is 10.0 Å². The molecule has 0 aliphatic carbocycles. The molecule has 1 atom stereocenters. The summed E-state index contributed by atoms with van der Waals surface area (Å²) < 4.78 is 0. The lowest BCUT2D eigenvalue weighted by molar-refractivity contribution is -0.121. The average Bonchev–Trinajstić information content (AvgIpc) is 2.71. The van der Waals surface area contributed by atoms with Crippen molar-refractivity contribution in [1.82, 2.24) is 10.2 Å². The molecule has 160 valence electrons. The maximum absolute atomic E-state index is 13.0. The van der Waals surface area contributed by atoms with E-state index in [1.54, 1.807) is 18.2 Å². The number of halogens is 2. The normalized spacial score (nSPS) is 17.0. The highest BCUT2D eigenvalue weighted by atomic mass is 35.5. The molecule has 30 heavy (non-hydrogen) atoms. The van der Waals surface area contributed by atoms with Gasteiger partial charge in [0, 0.05) is 34.7 Å². The number of hydrogen-bond acceptors (Lipinski definition) is 3. The van der Waals surface area contributed by atoms with E-state index < -0.39 is 0 Å². The number of nitrogens with zero attached hydrogens (tertiary/aromatic N) is 1. The van der Waals surface area contributed by atoms with E-state index >= 15 is 0 Å². The molecular formula is C23H27Cl2N3O2. The van der Waals surface area contributed by atoms with Gasteiger partial charge in [0.2, 0.25) is 5.91 Å². The van der Waals surface area contributed by atoms with Crippen LogP contribution < -0.4 is 10.6 Å². The fourth-order valence-electron chi connectivity index (χ4n) is 3.69. The number of anilines is 1. The van der Waals surface area contributed by atoms with Gasteiger partial charge in [-0.3, -0.25) is 14.5 Å². The van der Waals surface area contributed by atoms with Gasteiger partial charge in [-0.25, -0.2) is 0 Å². The summed E-state index contributed by atoms with van der Waals surface area (Å²) in [4.78, 5) is 27.6. The summed E-state index contributed by atoms with van der Waals surface area (Å²) in [6, 6.07) is 12.6. The maximum atomic E-state index is 13.0. The Bertz CT molecular complexity index is 897. The van der Waals surface area contributed by atoms with Crippen LogP contribution in [0.4, 0.5) is 5.69 Å². The zero-order chi connectivity index (χ0) is 21.7. The molecule has 3 rings (SSSR count). The smallest absolute Gasteiger partial charge is 0.253 e. The molecule has 7 heteroatoms. The number of rotatable bonds is 6. The second-order valence-electron chi connectivity index (χ2n) is 7.94. The molecule has 0 spiro atoms. The Hall–Kier alpha value is -2.08. The maximum Gasteiger partial charge on any atom is 0.253 e. The second-order valence-corrected chi connectivity index (χ2v) is 8.75. The van der Waals surface area contributed by atoms with Crippen molar-refractivity contribution >= 4 is 40.7 Å². The van der Waals surface area contributed by atoms with Crippen LogP contribution in [0.15, 0.2) is 42.5 Å². The van der Waals surface area contributed by atoms with Crippen LogP contribution in [0.1, 0.15) is 42.6 Å². The van der Waals surface area contributed by atoms with Gasteiger partial charge in [0.15, 0.2) is 0 Å². The van der Waals surface area contributed by atoms with E-state index in [-0.39, 0.29) is 23.8 Å². The van der Waals surface area contributed by atoms with Crippen molar-refractivity contribution in [3.05, 3.63) is 63.6 Å². The lowest BCUT2D eigenvalue weighted by Gasteiger charge is -2.32. The largest absolute Gasteiger partial charge is 0.350 e. The summed E-state index contributed by atoms with van der Waals surface area (Å²) >= 11 is 12.6. The molecule has 0 saturated carbocycles. The van der Waals surface area contributed by atoms with Gasteiger partial charge in [0.25, 0.3) is 5.91 Å². The number of piperidine rings is 1. The fourth-order valence-corrected chi connectivity index (χ4v) is 4.20. The van der Waals surface area contributed by atoms with Crippen LogP contribution >= 0.6 is 23.2 Å². The van der Waals surface area contributed by atoms with Crippen LogP contribution in [0.3, 0.4) is 0 Å². The van der Waals surface area contributed by atoms with Crippen molar-refractivity contribution < 1.29 is 9.59 Å². The summed E-state index contributed by atoms with van der Waals surface area (Å²) in [5.41, 5.74) is 1.89. The number of carbonyl (C=O) groups excluding carboxylic acids is 2. The van der Waals surface area contributed by atoms with Crippen LogP contribution in [0.5, 0.6) is 0 Å². The molecule has 2 aromatic carbocycles. The molecule has 1 saturated heterocycles. The number of benzene rings is 2. The molecule has 5 nitrogen and oxygen atoms in total. The fraction of sp³-hybridized carbons (Fsp3) is 0.391. The number of amides is 2. The van der Waals surface area contributed by atoms with E-state index in [1.165, 1.54) is 0 Å². The van der Waals surface area contributed by atoms with Gasteiger partial charge in [0.1, 0.15) is 0 Å². The molecule has 2 aromatic rings. The Balaban J connectivity index is 1.67. The van der Waals surface area contributed by atoms with Crippen molar-refractivity contribution in [1.29, 1.82) is 0 Å². The van der Waals surface area contributed by atoms with Crippen molar-refractivity contribution in [3.63, 3.8) is 0 Å². The third kappa shape index (κ3) is 5.75. The average molecular weight is 448 g/mol. The molecule has 2 amide bonds. The van der Waals surface area contributed by atoms with Crippen molar-refractivity contribution in [2.45, 2.75) is 39.3 Å². The summed E-state index contributed by atoms with van der Waals surface area (Å²) in [6.45, 7) is 5.92. The summed E-state index contributed by atoms with van der Waals surface area (Å²) in [6.07, 6.45) is 1.72. The van der Waals surface area contributed by atoms with Crippen LogP contribution in [0.25, 0.3) is 0 Å². The van der Waals surface area contributed by atoms with Gasteiger partial charge >= 0.3 is 0 Å². The summed E-state index contributed by atoms with van der Waals surface area (Å²) in [5.74, 6) is -0.435. The zero-order valence-corrected chi connectivity index (χ0v) is 18.8. The van der Waals surface area contributed by atoms with Crippen molar-refractivity contribution in [2.24, 2.45) is 5.92 Å². The molecule has 2 N–H and O–H groups in total. The summed E-state index contributed by atoms with van der Waals surface area (Å²) in [5, 5.41) is 7.11. The van der Waals surface area contributed by atoms with Gasteiger partial charge < -0.3 is 10.6 Å². The molecule has 1 unspecified atom stereocenters. The van der Waals surface area contributed by atoms with Gasteiger partial charge in [-0.15, -0.1) is 0 Å². The number of likely N-dealkylation sites (tertiary alicyclic amines) is 1. The highest BCUT2D eigenvalue weighted by Gasteiger charge is 2.27. The standard InChI is InChI=1S/C23H27Cl2N3O2/c1-15(2)26-23(30)17-8-3-4-11-21(17)27-22(29)16-7-6-12-28(13-16)14-18-19(24)9-5-10-20(18)25/h3-5,8-11,15-16H,6-7,12-14H2,1-2H3,(H,26,30)(H,27,29). The Morgan fingerprint density at radius 3 is 2.50 bits per heavy atom. The van der Waals surface area contributed by atoms with Crippen LogP contribution in [-0.2, 0) is 11.3 Å². The second kappa shape index (κ2) is 10.3. The number of para-hydroxylation sites is 1. The lowest BCUT2D eigenvalue weighted by atomic mass is 9.96. The first-order valence-electron chi connectivity index (χ1n) is 10.2. The Morgan fingerprint density at radius 1 is 1.10 bits per heavy atom. The quantitative estimate of drug-likeness (QED) is 0.655. The van der Waals surface area contributed by atoms with Crippen LogP contribution in [-0.4, -0.2) is 35.8 Å². The Labute approximate surface area is 187 Å². The van der Waals surface area contributed by atoms with E-state index in [4.69, 9.17) is 23.2 Å². The SMILES string of the molecule is CC(C)NC(=O)c1ccccc1NC(=O)C1CCCN(Cc2c(Cl)cccc2Cl)C1. The van der Waals surface area contributed by atoms with E-state index in [2.05, 4.69) is 15.5 Å².